The van der Waals surface area contributed by atoms with Crippen LogP contribution in [0.3, 0.4) is 0 Å². The van der Waals surface area contributed by atoms with Crippen molar-refractivity contribution >= 4 is 17.7 Å². The van der Waals surface area contributed by atoms with Crippen molar-refractivity contribution in [1.29, 1.82) is 0 Å². The number of rotatable bonds is 7. The number of thioether (sulfide) groups is 1. The molecule has 0 aliphatic rings. The van der Waals surface area contributed by atoms with Gasteiger partial charge in [-0.2, -0.15) is 0 Å². The number of nitrogens with one attached hydrogen (secondary N) is 1. The number of aromatic nitrogens is 3. The van der Waals surface area contributed by atoms with Gasteiger partial charge in [-0.3, -0.25) is 9.36 Å². The minimum Gasteiger partial charge on any atom is -0.496 e. The fourth-order valence-corrected chi connectivity index (χ4v) is 3.55. The van der Waals surface area contributed by atoms with Gasteiger partial charge in [0.05, 0.1) is 18.0 Å². The smallest absolute Gasteiger partial charge is 0.233 e. The average molecular weight is 382 g/mol. The maximum absolute atomic E-state index is 12.5. The molecule has 1 unspecified atom stereocenters. The van der Waals surface area contributed by atoms with Crippen LogP contribution in [-0.4, -0.2) is 33.0 Å². The second-order valence-corrected chi connectivity index (χ2v) is 7.37. The first-order valence-electron chi connectivity index (χ1n) is 8.62. The molecule has 0 spiro atoms. The molecule has 140 valence electrons. The second-order valence-electron chi connectivity index (χ2n) is 6.06. The van der Waals surface area contributed by atoms with E-state index < -0.39 is 0 Å². The normalized spacial score (nSPS) is 11.8. The number of nitrogens with zero attached hydrogens (tertiary/aromatic N) is 3. The molecular formula is C20H22N4O2S. The molecule has 3 aromatic rings. The van der Waals surface area contributed by atoms with E-state index in [2.05, 4.69) is 15.5 Å². The molecule has 1 atom stereocenters. The number of amides is 1. The minimum atomic E-state index is -0.313. The molecule has 0 aliphatic carbocycles. The van der Waals surface area contributed by atoms with E-state index in [1.54, 1.807) is 13.4 Å². The molecule has 0 bridgehead atoms. The maximum atomic E-state index is 12.5. The zero-order valence-corrected chi connectivity index (χ0v) is 16.4. The summed E-state index contributed by atoms with van der Waals surface area (Å²) in [5.74, 6) is 0.697. The monoisotopic (exact) mass is 382 g/mol. The summed E-state index contributed by atoms with van der Waals surface area (Å²) in [4.78, 5) is 12.5. The fraction of sp³-hybridized carbons (Fsp3) is 0.250. The van der Waals surface area contributed by atoms with Gasteiger partial charge in [0.25, 0.3) is 0 Å². The third kappa shape index (κ3) is 4.49. The van der Waals surface area contributed by atoms with Gasteiger partial charge in [0.2, 0.25) is 5.91 Å². The van der Waals surface area contributed by atoms with Gasteiger partial charge in [0.1, 0.15) is 12.1 Å². The number of para-hydroxylation sites is 2. The van der Waals surface area contributed by atoms with Crippen molar-refractivity contribution in [3.63, 3.8) is 0 Å². The number of hydrogen-bond acceptors (Lipinski definition) is 5. The first-order chi connectivity index (χ1) is 13.1. The molecule has 27 heavy (non-hydrogen) atoms. The van der Waals surface area contributed by atoms with E-state index in [1.807, 2.05) is 66.9 Å². The van der Waals surface area contributed by atoms with E-state index >= 15 is 0 Å². The Morgan fingerprint density at radius 1 is 1.22 bits per heavy atom. The van der Waals surface area contributed by atoms with Crippen LogP contribution in [0.2, 0.25) is 0 Å². The lowest BCUT2D eigenvalue weighted by molar-refractivity contribution is -0.120. The van der Waals surface area contributed by atoms with Crippen molar-refractivity contribution in [2.45, 2.75) is 30.8 Å². The van der Waals surface area contributed by atoms with Gasteiger partial charge < -0.3 is 10.1 Å². The Labute approximate surface area is 163 Å². The summed E-state index contributed by atoms with van der Waals surface area (Å²) in [6, 6.07) is 15.6. The molecule has 1 amide bonds. The zero-order chi connectivity index (χ0) is 19.2. The molecule has 2 aromatic carbocycles. The topological polar surface area (TPSA) is 69.0 Å². The van der Waals surface area contributed by atoms with Crippen molar-refractivity contribution in [3.05, 3.63) is 66.0 Å². The van der Waals surface area contributed by atoms with Crippen molar-refractivity contribution < 1.29 is 9.53 Å². The largest absolute Gasteiger partial charge is 0.496 e. The number of benzene rings is 2. The predicted molar refractivity (Wildman–Crippen MR) is 106 cm³/mol. The van der Waals surface area contributed by atoms with Gasteiger partial charge in [-0.15, -0.1) is 10.2 Å². The number of carbonyl (C=O) groups is 1. The summed E-state index contributed by atoms with van der Waals surface area (Å²) >= 11 is 1.38. The van der Waals surface area contributed by atoms with E-state index in [1.165, 1.54) is 11.8 Å². The summed E-state index contributed by atoms with van der Waals surface area (Å²) in [6.07, 6.45) is 1.67. The highest BCUT2D eigenvalue weighted by Crippen LogP contribution is 2.25. The van der Waals surface area contributed by atoms with Crippen LogP contribution in [0.4, 0.5) is 0 Å². The Hall–Kier alpha value is -2.80. The third-order valence-corrected chi connectivity index (χ3v) is 5.25. The van der Waals surface area contributed by atoms with Gasteiger partial charge in [0.15, 0.2) is 5.16 Å². The van der Waals surface area contributed by atoms with Crippen LogP contribution in [0, 0.1) is 6.92 Å². The first kappa shape index (κ1) is 19.0. The fourth-order valence-electron chi connectivity index (χ4n) is 2.69. The van der Waals surface area contributed by atoms with Crippen LogP contribution in [-0.2, 0) is 11.3 Å². The third-order valence-electron chi connectivity index (χ3n) is 4.19. The van der Waals surface area contributed by atoms with Crippen LogP contribution in [0.25, 0.3) is 5.69 Å². The summed E-state index contributed by atoms with van der Waals surface area (Å²) in [5.41, 5.74) is 3.06. The van der Waals surface area contributed by atoms with Crippen molar-refractivity contribution in [2.24, 2.45) is 0 Å². The summed E-state index contributed by atoms with van der Waals surface area (Å²) in [7, 11) is 1.62. The van der Waals surface area contributed by atoms with Gasteiger partial charge in [-0.25, -0.2) is 0 Å². The van der Waals surface area contributed by atoms with Crippen LogP contribution in [0.1, 0.15) is 18.1 Å². The van der Waals surface area contributed by atoms with Gasteiger partial charge in [-0.1, -0.05) is 48.2 Å². The molecule has 3 rings (SSSR count). The van der Waals surface area contributed by atoms with Gasteiger partial charge >= 0.3 is 0 Å². The van der Waals surface area contributed by atoms with Crippen LogP contribution < -0.4 is 10.1 Å². The predicted octanol–water partition coefficient (Wildman–Crippen LogP) is 3.38. The number of ether oxygens (including phenoxy) is 1. The van der Waals surface area contributed by atoms with E-state index in [9.17, 15) is 4.79 Å². The van der Waals surface area contributed by atoms with Gasteiger partial charge in [0, 0.05) is 12.1 Å². The lowest BCUT2D eigenvalue weighted by atomic mass is 10.2. The van der Waals surface area contributed by atoms with Crippen LogP contribution >= 0.6 is 11.8 Å². The van der Waals surface area contributed by atoms with Crippen molar-refractivity contribution in [3.8, 4) is 11.4 Å². The minimum absolute atomic E-state index is 0.0646. The molecule has 1 heterocycles. The summed E-state index contributed by atoms with van der Waals surface area (Å²) in [5, 5.41) is 11.5. The summed E-state index contributed by atoms with van der Waals surface area (Å²) < 4.78 is 7.23. The Morgan fingerprint density at radius 3 is 2.74 bits per heavy atom. The summed E-state index contributed by atoms with van der Waals surface area (Å²) in [6.45, 7) is 4.31. The number of hydrogen-bond donors (Lipinski definition) is 1. The first-order valence-corrected chi connectivity index (χ1v) is 9.50. The molecule has 0 saturated carbocycles. The van der Waals surface area contributed by atoms with Crippen molar-refractivity contribution in [1.82, 2.24) is 20.1 Å². The van der Waals surface area contributed by atoms with E-state index in [-0.39, 0.29) is 11.2 Å². The Kier molecular flexibility index (Phi) is 6.13. The second kappa shape index (κ2) is 8.73. The van der Waals surface area contributed by atoms with Crippen LogP contribution in [0.15, 0.2) is 60.0 Å². The zero-order valence-electron chi connectivity index (χ0n) is 15.5. The Balaban J connectivity index is 1.66. The molecule has 0 radical (unpaired) electrons. The highest BCUT2D eigenvalue weighted by molar-refractivity contribution is 8.00. The van der Waals surface area contributed by atoms with E-state index in [0.717, 1.165) is 22.6 Å². The molecule has 6 nitrogen and oxygen atoms in total. The van der Waals surface area contributed by atoms with E-state index in [4.69, 9.17) is 4.74 Å². The van der Waals surface area contributed by atoms with Crippen LogP contribution in [0.5, 0.6) is 5.75 Å². The number of methoxy groups -OCH3 is 1. The quantitative estimate of drug-likeness (QED) is 0.635. The highest BCUT2D eigenvalue weighted by atomic mass is 32.2. The Morgan fingerprint density at radius 2 is 1.96 bits per heavy atom. The molecule has 7 heteroatoms. The number of aryl methyl sites for hydroxylation is 1. The lowest BCUT2D eigenvalue weighted by Crippen LogP contribution is -2.30. The lowest BCUT2D eigenvalue weighted by Gasteiger charge is -2.14. The molecule has 1 N–H and O–H groups in total. The van der Waals surface area contributed by atoms with Gasteiger partial charge in [-0.05, 0) is 31.5 Å². The molecule has 0 saturated heterocycles. The molecular weight excluding hydrogens is 360 g/mol. The highest BCUT2D eigenvalue weighted by Gasteiger charge is 2.19. The number of carbonyl (C=O) groups excluding carboxylic acids is 1. The van der Waals surface area contributed by atoms with Crippen molar-refractivity contribution in [2.75, 3.05) is 7.11 Å². The molecule has 0 aliphatic heterocycles. The SMILES string of the molecule is COc1ccccc1CNC(=O)C(C)Sc1nncn1-c1ccccc1C. The standard InChI is InChI=1S/C20H22N4O2S/c1-14-8-4-6-10-17(14)24-13-22-23-20(24)27-15(2)19(25)21-12-16-9-5-7-11-18(16)26-3/h4-11,13,15H,12H2,1-3H3,(H,21,25). The Bertz CT molecular complexity index is 926. The average Bonchev–Trinajstić information content (AvgIpc) is 3.14. The molecule has 1 aromatic heterocycles. The molecule has 0 fully saturated rings. The van der Waals surface area contributed by atoms with E-state index in [0.29, 0.717) is 11.7 Å². The maximum Gasteiger partial charge on any atom is 0.233 e.